The second-order valence-corrected chi connectivity index (χ2v) is 14.3. The Kier molecular flexibility index (Phi) is 33.5. The highest BCUT2D eigenvalue weighted by molar-refractivity contribution is 5.88. The number of unbranched alkanes of at least 4 members (excludes halogenated alkanes) is 22. The van der Waals surface area contributed by atoms with Gasteiger partial charge in [-0.25, -0.2) is 4.79 Å². The molecule has 0 spiro atoms. The molecule has 0 aliphatic carbocycles. The Labute approximate surface area is 297 Å². The fourth-order valence-corrected chi connectivity index (χ4v) is 6.34. The van der Waals surface area contributed by atoms with Crippen molar-refractivity contribution in [3.8, 4) is 0 Å². The van der Waals surface area contributed by atoms with Crippen LogP contribution in [0.15, 0.2) is 24.3 Å². The zero-order valence-electron chi connectivity index (χ0n) is 32.1. The number of allylic oxidation sites excluding steroid dienone is 4. The predicted molar refractivity (Wildman–Crippen MR) is 205 cm³/mol. The molecule has 2 unspecified atom stereocenters. The molecule has 0 aromatic heterocycles. The van der Waals surface area contributed by atoms with Gasteiger partial charge in [-0.2, -0.15) is 0 Å². The zero-order valence-corrected chi connectivity index (χ0v) is 32.1. The highest BCUT2D eigenvalue weighted by Crippen LogP contribution is 2.22. The molecular weight excluding hydrogens is 596 g/mol. The van der Waals surface area contributed by atoms with Crippen molar-refractivity contribution in [3.63, 3.8) is 0 Å². The fourth-order valence-electron chi connectivity index (χ4n) is 6.34. The van der Waals surface area contributed by atoms with Crippen LogP contribution in [-0.4, -0.2) is 42.9 Å². The van der Waals surface area contributed by atoms with Gasteiger partial charge in [0.15, 0.2) is 6.23 Å². The molecule has 6 nitrogen and oxygen atoms in total. The number of nitrogens with two attached hydrogens (primary N) is 1. The van der Waals surface area contributed by atoms with E-state index in [1.54, 1.807) is 19.0 Å². The number of hydrogen-bond donors (Lipinski definition) is 1. The van der Waals surface area contributed by atoms with E-state index >= 15 is 0 Å². The molecule has 0 aromatic carbocycles. The summed E-state index contributed by atoms with van der Waals surface area (Å²) in [6.07, 6.45) is 40.0. The van der Waals surface area contributed by atoms with Crippen LogP contribution in [0.3, 0.4) is 0 Å². The lowest BCUT2D eigenvalue weighted by atomic mass is 9.90. The van der Waals surface area contributed by atoms with Crippen molar-refractivity contribution in [2.45, 2.75) is 206 Å². The third-order valence-electron chi connectivity index (χ3n) is 9.35. The Morgan fingerprint density at radius 2 is 0.896 bits per heavy atom. The summed E-state index contributed by atoms with van der Waals surface area (Å²) < 4.78 is 5.34. The Bertz CT molecular complexity index is 822. The molecular formula is C42H78N2O4. The van der Waals surface area contributed by atoms with Crippen molar-refractivity contribution < 1.29 is 19.1 Å². The van der Waals surface area contributed by atoms with Crippen molar-refractivity contribution in [3.05, 3.63) is 24.3 Å². The number of rotatable bonds is 36. The Balaban J connectivity index is 4.28. The minimum atomic E-state index is -0.919. The van der Waals surface area contributed by atoms with E-state index in [4.69, 9.17) is 10.5 Å². The van der Waals surface area contributed by atoms with Crippen molar-refractivity contribution in [1.29, 1.82) is 0 Å². The standard InChI is InChI=1S/C42H78N2O4/c1-5-7-9-11-13-15-17-19-21-23-25-27-29-31-33-35-38(45)37-39(41(44(3)4)48-42(43)47)40(46)36-34-32-30-28-26-24-22-20-18-16-14-12-10-8-6-2/h19-22,39,41H,5-18,23-37H2,1-4H3,(H2,43,47)/b21-19-,22-20-. The maximum Gasteiger partial charge on any atom is 0.406 e. The normalized spacial score (nSPS) is 13.1. The summed E-state index contributed by atoms with van der Waals surface area (Å²) in [5.41, 5.74) is 5.34. The largest absolute Gasteiger partial charge is 0.430 e. The average molecular weight is 675 g/mol. The summed E-state index contributed by atoms with van der Waals surface area (Å²) in [6, 6.07) is 0. The van der Waals surface area contributed by atoms with Gasteiger partial charge in [-0.3, -0.25) is 14.5 Å². The molecule has 2 N–H and O–H groups in total. The lowest BCUT2D eigenvalue weighted by molar-refractivity contribution is -0.136. The first kappa shape index (κ1) is 46.0. The van der Waals surface area contributed by atoms with Crippen molar-refractivity contribution in [2.75, 3.05) is 14.1 Å². The average Bonchev–Trinajstić information content (AvgIpc) is 3.05. The van der Waals surface area contributed by atoms with Gasteiger partial charge >= 0.3 is 6.09 Å². The second-order valence-electron chi connectivity index (χ2n) is 14.3. The van der Waals surface area contributed by atoms with Crippen LogP contribution in [0, 0.1) is 5.92 Å². The first-order valence-corrected chi connectivity index (χ1v) is 20.3. The first-order valence-electron chi connectivity index (χ1n) is 20.3. The molecule has 48 heavy (non-hydrogen) atoms. The van der Waals surface area contributed by atoms with E-state index in [0.29, 0.717) is 12.8 Å². The molecule has 0 saturated carbocycles. The van der Waals surface area contributed by atoms with Crippen LogP contribution in [0.4, 0.5) is 4.79 Å². The van der Waals surface area contributed by atoms with Gasteiger partial charge in [0.2, 0.25) is 0 Å². The molecule has 280 valence electrons. The molecule has 0 aliphatic rings. The lowest BCUT2D eigenvalue weighted by Crippen LogP contribution is -2.44. The summed E-state index contributed by atoms with van der Waals surface area (Å²) in [5.74, 6) is -0.624. The van der Waals surface area contributed by atoms with E-state index in [9.17, 15) is 14.4 Å². The van der Waals surface area contributed by atoms with E-state index in [2.05, 4.69) is 38.2 Å². The molecule has 0 bridgehead atoms. The summed E-state index contributed by atoms with van der Waals surface area (Å²) >= 11 is 0. The minimum absolute atomic E-state index is 0.00882. The number of carbonyl (C=O) groups excluding carboxylic acids is 3. The number of carbonyl (C=O) groups is 3. The number of Topliss-reactive ketones (excluding diaryl/α,β-unsaturated/α-hetero) is 2. The predicted octanol–water partition coefficient (Wildman–Crippen LogP) is 12.2. The molecule has 0 saturated heterocycles. The van der Waals surface area contributed by atoms with Gasteiger partial charge in [0.1, 0.15) is 11.6 Å². The lowest BCUT2D eigenvalue weighted by Gasteiger charge is -2.30. The monoisotopic (exact) mass is 675 g/mol. The maximum atomic E-state index is 13.3. The van der Waals surface area contributed by atoms with Crippen LogP contribution < -0.4 is 5.73 Å². The van der Waals surface area contributed by atoms with E-state index in [1.165, 1.54) is 116 Å². The van der Waals surface area contributed by atoms with Crippen LogP contribution in [0.2, 0.25) is 0 Å². The van der Waals surface area contributed by atoms with Crippen molar-refractivity contribution in [2.24, 2.45) is 11.7 Å². The van der Waals surface area contributed by atoms with Gasteiger partial charge in [-0.15, -0.1) is 0 Å². The molecule has 1 amide bonds. The maximum absolute atomic E-state index is 13.3. The van der Waals surface area contributed by atoms with Gasteiger partial charge in [0, 0.05) is 19.3 Å². The summed E-state index contributed by atoms with van der Waals surface area (Å²) in [7, 11) is 3.51. The molecule has 0 fully saturated rings. The number of ether oxygens (including phenoxy) is 1. The zero-order chi connectivity index (χ0) is 35.5. The number of hydrogen-bond acceptors (Lipinski definition) is 5. The van der Waals surface area contributed by atoms with Gasteiger partial charge in [0.25, 0.3) is 0 Å². The van der Waals surface area contributed by atoms with Crippen LogP contribution in [0.5, 0.6) is 0 Å². The van der Waals surface area contributed by atoms with Gasteiger partial charge < -0.3 is 10.5 Å². The minimum Gasteiger partial charge on any atom is -0.430 e. The highest BCUT2D eigenvalue weighted by atomic mass is 16.6. The third-order valence-corrected chi connectivity index (χ3v) is 9.35. The number of primary amides is 1. The fraction of sp³-hybridized carbons (Fsp3) is 0.833. The molecule has 0 rings (SSSR count). The molecule has 6 heteroatoms. The molecule has 2 atom stereocenters. The quantitative estimate of drug-likeness (QED) is 0.0406. The van der Waals surface area contributed by atoms with Gasteiger partial charge in [0.05, 0.1) is 5.92 Å². The van der Waals surface area contributed by atoms with Crippen molar-refractivity contribution >= 4 is 17.7 Å². The molecule has 0 radical (unpaired) electrons. The Morgan fingerprint density at radius 3 is 1.27 bits per heavy atom. The second kappa shape index (κ2) is 34.9. The number of nitrogens with zero attached hydrogens (tertiary/aromatic N) is 1. The Hall–Kier alpha value is -1.95. The van der Waals surface area contributed by atoms with E-state index in [0.717, 1.165) is 51.4 Å². The summed E-state index contributed by atoms with van der Waals surface area (Å²) in [4.78, 5) is 39.6. The van der Waals surface area contributed by atoms with Crippen molar-refractivity contribution in [1.82, 2.24) is 4.90 Å². The highest BCUT2D eigenvalue weighted by Gasteiger charge is 2.33. The van der Waals surface area contributed by atoms with Crippen LogP contribution >= 0.6 is 0 Å². The van der Waals surface area contributed by atoms with Crippen LogP contribution in [0.1, 0.15) is 200 Å². The molecule has 0 aromatic rings. The third kappa shape index (κ3) is 30.1. The van der Waals surface area contributed by atoms with Crippen LogP contribution in [-0.2, 0) is 14.3 Å². The molecule has 0 heterocycles. The number of amides is 1. The topological polar surface area (TPSA) is 89.7 Å². The van der Waals surface area contributed by atoms with Crippen LogP contribution in [0.25, 0.3) is 0 Å². The molecule has 0 aliphatic heterocycles. The van der Waals surface area contributed by atoms with Gasteiger partial charge in [-0.05, 0) is 78.3 Å². The van der Waals surface area contributed by atoms with E-state index in [1.807, 2.05) is 0 Å². The van der Waals surface area contributed by atoms with E-state index in [-0.39, 0.29) is 18.0 Å². The summed E-state index contributed by atoms with van der Waals surface area (Å²) in [5, 5.41) is 0. The van der Waals surface area contributed by atoms with E-state index < -0.39 is 18.2 Å². The smallest absolute Gasteiger partial charge is 0.406 e. The van der Waals surface area contributed by atoms with Gasteiger partial charge in [-0.1, -0.05) is 141 Å². The summed E-state index contributed by atoms with van der Waals surface area (Å²) in [6.45, 7) is 4.52. The Morgan fingerprint density at radius 1 is 0.542 bits per heavy atom. The first-order chi connectivity index (χ1) is 23.3. The SMILES string of the molecule is CCCCCCCC/C=C\CCCCCCCC(=O)CC(C(=O)CCCCCCC/C=C\CCCCCCCC)C(OC(N)=O)N(C)C. The number of ketones is 2.